The molecule has 0 saturated carbocycles. The molecule has 1 aliphatic heterocycles. The molecule has 1 heterocycles. The number of nitrogens with one attached hydrogen (secondary N) is 2. The van der Waals surface area contributed by atoms with Gasteiger partial charge in [0.15, 0.2) is 11.5 Å². The van der Waals surface area contributed by atoms with Crippen molar-refractivity contribution in [1.82, 2.24) is 14.9 Å². The van der Waals surface area contributed by atoms with E-state index >= 15 is 0 Å². The fraction of sp³-hybridized carbons (Fsp3) is 0.682. The molecule has 182 valence electrons. The average molecular weight is 472 g/mol. The van der Waals surface area contributed by atoms with Gasteiger partial charge in [-0.1, -0.05) is 26.7 Å². The highest BCUT2D eigenvalue weighted by molar-refractivity contribution is 7.89. The van der Waals surface area contributed by atoms with Crippen molar-refractivity contribution in [3.8, 4) is 11.5 Å². The van der Waals surface area contributed by atoms with Crippen LogP contribution in [0.1, 0.15) is 33.1 Å². The number of morpholine rings is 1. The van der Waals surface area contributed by atoms with E-state index in [9.17, 15) is 13.2 Å². The van der Waals surface area contributed by atoms with Gasteiger partial charge in [-0.05, 0) is 18.1 Å². The molecule has 1 aliphatic rings. The number of ether oxygens (including phenoxy) is 3. The first-order valence-corrected chi connectivity index (χ1v) is 12.6. The monoisotopic (exact) mass is 471 g/mol. The largest absolute Gasteiger partial charge is 0.493 e. The number of amides is 1. The number of methoxy groups -OCH3 is 2. The normalized spacial score (nSPS) is 16.0. The van der Waals surface area contributed by atoms with Gasteiger partial charge in [-0.15, -0.1) is 0 Å². The molecule has 1 fully saturated rings. The van der Waals surface area contributed by atoms with Gasteiger partial charge in [0.05, 0.1) is 32.3 Å². The van der Waals surface area contributed by atoms with Crippen LogP contribution in [-0.2, 0) is 19.6 Å². The number of carbonyl (C=O) groups is 1. The van der Waals surface area contributed by atoms with Gasteiger partial charge in [0, 0.05) is 44.7 Å². The Morgan fingerprint density at radius 1 is 1.12 bits per heavy atom. The Kier molecular flexibility index (Phi) is 10.7. The Bertz CT molecular complexity index is 823. The van der Waals surface area contributed by atoms with Crippen LogP contribution >= 0.6 is 0 Å². The highest BCUT2D eigenvalue weighted by Gasteiger charge is 2.27. The van der Waals surface area contributed by atoms with Crippen molar-refractivity contribution in [3.63, 3.8) is 0 Å². The van der Waals surface area contributed by atoms with E-state index in [-0.39, 0.29) is 29.8 Å². The van der Waals surface area contributed by atoms with E-state index in [1.165, 1.54) is 32.4 Å². The second-order valence-corrected chi connectivity index (χ2v) is 9.53. The van der Waals surface area contributed by atoms with Gasteiger partial charge in [0.2, 0.25) is 15.9 Å². The molecule has 0 aromatic heterocycles. The number of nitrogens with zero attached hydrogens (tertiary/aromatic N) is 1. The lowest BCUT2D eigenvalue weighted by molar-refractivity contribution is -0.121. The molecule has 9 nitrogen and oxygen atoms in total. The number of rotatable bonds is 13. The second-order valence-electron chi connectivity index (χ2n) is 7.76. The first-order chi connectivity index (χ1) is 15.4. The fourth-order valence-electron chi connectivity index (χ4n) is 4.01. The molecule has 0 bridgehead atoms. The van der Waals surface area contributed by atoms with Gasteiger partial charge in [-0.25, -0.2) is 13.1 Å². The lowest BCUT2D eigenvalue weighted by Gasteiger charge is -2.38. The molecule has 1 aromatic rings. The Morgan fingerprint density at radius 3 is 2.38 bits per heavy atom. The highest BCUT2D eigenvalue weighted by atomic mass is 32.2. The zero-order valence-corrected chi connectivity index (χ0v) is 20.4. The molecule has 1 atom stereocenters. The smallest absolute Gasteiger partial charge is 0.240 e. The maximum Gasteiger partial charge on any atom is 0.240 e. The van der Waals surface area contributed by atoms with E-state index in [1.807, 2.05) is 0 Å². The molecule has 10 heteroatoms. The van der Waals surface area contributed by atoms with Crippen molar-refractivity contribution < 1.29 is 27.4 Å². The van der Waals surface area contributed by atoms with Crippen LogP contribution < -0.4 is 19.5 Å². The summed E-state index contributed by atoms with van der Waals surface area (Å²) in [6.45, 7) is 8.05. The van der Waals surface area contributed by atoms with Gasteiger partial charge in [0.25, 0.3) is 0 Å². The van der Waals surface area contributed by atoms with E-state index in [1.54, 1.807) is 0 Å². The van der Waals surface area contributed by atoms with Crippen molar-refractivity contribution in [2.24, 2.45) is 5.92 Å². The molecular weight excluding hydrogens is 434 g/mol. The van der Waals surface area contributed by atoms with Crippen LogP contribution in [0.5, 0.6) is 11.5 Å². The maximum absolute atomic E-state index is 12.6. The molecule has 0 aliphatic carbocycles. The van der Waals surface area contributed by atoms with Gasteiger partial charge >= 0.3 is 0 Å². The van der Waals surface area contributed by atoms with Crippen LogP contribution in [0.4, 0.5) is 0 Å². The van der Waals surface area contributed by atoms with E-state index < -0.39 is 10.0 Å². The van der Waals surface area contributed by atoms with Gasteiger partial charge in [0.1, 0.15) is 0 Å². The second kappa shape index (κ2) is 13.0. The Morgan fingerprint density at radius 2 is 1.78 bits per heavy atom. The lowest BCUT2D eigenvalue weighted by Crippen LogP contribution is -2.52. The Balaban J connectivity index is 1.88. The summed E-state index contributed by atoms with van der Waals surface area (Å²) >= 11 is 0. The van der Waals surface area contributed by atoms with Crippen LogP contribution in [0.15, 0.2) is 23.1 Å². The molecule has 1 amide bonds. The standard InChI is InChI=1S/C22H37N3O6S/c1-5-17(6-2)19(25-11-13-31-14-12-25)16-23-22(26)9-10-24-32(27,28)18-7-8-20(29-3)21(15-18)30-4/h7-8,15,17,19,24H,5-6,9-14,16H2,1-4H3,(H,23,26). The van der Waals surface area contributed by atoms with Gasteiger partial charge < -0.3 is 19.5 Å². The van der Waals surface area contributed by atoms with E-state index in [2.05, 4.69) is 28.8 Å². The molecule has 2 rings (SSSR count). The molecule has 1 saturated heterocycles. The van der Waals surface area contributed by atoms with E-state index in [4.69, 9.17) is 14.2 Å². The van der Waals surface area contributed by atoms with Crippen molar-refractivity contribution in [2.75, 3.05) is 53.6 Å². The predicted molar refractivity (Wildman–Crippen MR) is 123 cm³/mol. The number of carbonyl (C=O) groups excluding carboxylic acids is 1. The third-order valence-electron chi connectivity index (χ3n) is 5.93. The number of benzene rings is 1. The molecular formula is C22H37N3O6S. The van der Waals surface area contributed by atoms with Crippen LogP contribution in [0, 0.1) is 5.92 Å². The zero-order chi connectivity index (χ0) is 23.6. The summed E-state index contributed by atoms with van der Waals surface area (Å²) < 4.78 is 43.4. The zero-order valence-electron chi connectivity index (χ0n) is 19.6. The topological polar surface area (TPSA) is 106 Å². The molecule has 0 radical (unpaired) electrons. The predicted octanol–water partition coefficient (Wildman–Crippen LogP) is 1.63. The Hall–Kier alpha value is -1.88. The van der Waals surface area contributed by atoms with E-state index in [0.29, 0.717) is 37.2 Å². The molecule has 32 heavy (non-hydrogen) atoms. The minimum Gasteiger partial charge on any atom is -0.493 e. The number of hydrogen-bond acceptors (Lipinski definition) is 7. The Labute approximate surface area is 191 Å². The highest BCUT2D eigenvalue weighted by Crippen LogP contribution is 2.29. The number of sulfonamides is 1. The summed E-state index contributed by atoms with van der Waals surface area (Å²) in [4.78, 5) is 14.9. The summed E-state index contributed by atoms with van der Waals surface area (Å²) in [5, 5.41) is 3.00. The molecule has 1 unspecified atom stereocenters. The maximum atomic E-state index is 12.6. The van der Waals surface area contributed by atoms with Gasteiger partial charge in [-0.3, -0.25) is 9.69 Å². The summed E-state index contributed by atoms with van der Waals surface area (Å²) in [6.07, 6.45) is 2.14. The fourth-order valence-corrected chi connectivity index (χ4v) is 5.06. The molecule has 0 spiro atoms. The quantitative estimate of drug-likeness (QED) is 0.450. The third-order valence-corrected chi connectivity index (χ3v) is 7.38. The van der Waals surface area contributed by atoms with Crippen molar-refractivity contribution in [1.29, 1.82) is 0 Å². The number of hydrogen-bond donors (Lipinski definition) is 2. The van der Waals surface area contributed by atoms with E-state index in [0.717, 1.165) is 25.9 Å². The average Bonchev–Trinajstić information content (AvgIpc) is 2.81. The van der Waals surface area contributed by atoms with Crippen LogP contribution in [-0.4, -0.2) is 78.9 Å². The molecule has 2 N–H and O–H groups in total. The lowest BCUT2D eigenvalue weighted by atomic mass is 9.92. The van der Waals surface area contributed by atoms with Crippen molar-refractivity contribution >= 4 is 15.9 Å². The van der Waals surface area contributed by atoms with Crippen molar-refractivity contribution in [2.45, 2.75) is 44.0 Å². The minimum absolute atomic E-state index is 0.00964. The first-order valence-electron chi connectivity index (χ1n) is 11.2. The third kappa shape index (κ3) is 7.33. The molecule has 1 aromatic carbocycles. The summed E-state index contributed by atoms with van der Waals surface area (Å²) in [7, 11) is -0.847. The SMILES string of the molecule is CCC(CC)C(CNC(=O)CCNS(=O)(=O)c1ccc(OC)c(OC)c1)N1CCOCC1. The minimum atomic E-state index is -3.77. The van der Waals surface area contributed by atoms with Crippen LogP contribution in [0.2, 0.25) is 0 Å². The first kappa shape index (κ1) is 26.4. The summed E-state index contributed by atoms with van der Waals surface area (Å²) in [5.74, 6) is 1.07. The van der Waals surface area contributed by atoms with Crippen LogP contribution in [0.3, 0.4) is 0 Å². The van der Waals surface area contributed by atoms with Gasteiger partial charge in [-0.2, -0.15) is 0 Å². The summed E-state index contributed by atoms with van der Waals surface area (Å²) in [5.41, 5.74) is 0. The van der Waals surface area contributed by atoms with Crippen LogP contribution in [0.25, 0.3) is 0 Å². The van der Waals surface area contributed by atoms with Crippen molar-refractivity contribution in [3.05, 3.63) is 18.2 Å². The summed E-state index contributed by atoms with van der Waals surface area (Å²) in [6, 6.07) is 4.61.